The van der Waals surface area contributed by atoms with Crippen molar-refractivity contribution in [2.45, 2.75) is 31.7 Å². The van der Waals surface area contributed by atoms with E-state index < -0.39 is 5.41 Å². The summed E-state index contributed by atoms with van der Waals surface area (Å²) in [5.41, 5.74) is 0.721. The fraction of sp³-hybridized carbons (Fsp3) is 0.368. The summed E-state index contributed by atoms with van der Waals surface area (Å²) in [5.74, 6) is 2.47. The maximum absolute atomic E-state index is 12.7. The van der Waals surface area contributed by atoms with Crippen molar-refractivity contribution in [1.29, 1.82) is 0 Å². The molecule has 146 valence electrons. The Morgan fingerprint density at radius 1 is 1.18 bits per heavy atom. The van der Waals surface area contributed by atoms with E-state index in [4.69, 9.17) is 18.4 Å². The van der Waals surface area contributed by atoms with Crippen LogP contribution in [-0.2, 0) is 16.8 Å². The molecule has 0 atom stereocenters. The van der Waals surface area contributed by atoms with Crippen molar-refractivity contribution in [2.24, 2.45) is 0 Å². The number of benzene rings is 1. The van der Waals surface area contributed by atoms with E-state index in [1.807, 2.05) is 6.07 Å². The number of hydrogen-bond acceptors (Lipinski definition) is 8. The van der Waals surface area contributed by atoms with Gasteiger partial charge in [-0.15, -0.1) is 10.2 Å². The molecule has 0 bridgehead atoms. The lowest BCUT2D eigenvalue weighted by atomic mass is 10.0. The molecule has 2 heterocycles. The van der Waals surface area contributed by atoms with E-state index in [0.717, 1.165) is 5.56 Å². The lowest BCUT2D eigenvalue weighted by molar-refractivity contribution is -0.124. The highest BCUT2D eigenvalue weighted by Gasteiger charge is 2.53. The Bertz CT molecular complexity index is 1010. The molecule has 0 unspecified atom stereocenters. The Hall–Kier alpha value is -3.36. The number of hydrogen-bond donors (Lipinski definition) is 1. The van der Waals surface area contributed by atoms with Gasteiger partial charge >= 0.3 is 0 Å². The minimum absolute atomic E-state index is 0.129. The van der Waals surface area contributed by atoms with Crippen LogP contribution < -0.4 is 14.8 Å². The van der Waals surface area contributed by atoms with Crippen LogP contribution >= 0.6 is 0 Å². The number of aromatic nitrogens is 3. The van der Waals surface area contributed by atoms with Gasteiger partial charge in [0.15, 0.2) is 17.3 Å². The summed E-state index contributed by atoms with van der Waals surface area (Å²) < 4.78 is 21.4. The number of amides is 1. The highest BCUT2D eigenvalue weighted by molar-refractivity contribution is 5.90. The van der Waals surface area contributed by atoms with Crippen LogP contribution in [0.3, 0.4) is 0 Å². The van der Waals surface area contributed by atoms with Crippen molar-refractivity contribution in [3.05, 3.63) is 41.7 Å². The molecular formula is C19H20N4O5. The van der Waals surface area contributed by atoms with Crippen LogP contribution in [0.2, 0.25) is 0 Å². The first kappa shape index (κ1) is 18.0. The number of carbonyl (C=O) groups excluding carboxylic acids is 1. The number of methoxy groups -OCH3 is 2. The summed E-state index contributed by atoms with van der Waals surface area (Å²) in [6.07, 6.45) is 1.42. The molecule has 0 radical (unpaired) electrons. The molecule has 0 aliphatic heterocycles. The van der Waals surface area contributed by atoms with Gasteiger partial charge in [-0.2, -0.15) is 0 Å². The normalized spacial score (nSPS) is 14.5. The molecule has 1 N–H and O–H groups in total. The molecule has 3 aromatic rings. The predicted octanol–water partition coefficient (Wildman–Crippen LogP) is 2.40. The zero-order chi connectivity index (χ0) is 19.7. The van der Waals surface area contributed by atoms with Crippen molar-refractivity contribution in [1.82, 2.24) is 20.7 Å². The Labute approximate surface area is 161 Å². The Balaban J connectivity index is 1.51. The fourth-order valence-electron chi connectivity index (χ4n) is 3.08. The largest absolute Gasteiger partial charge is 0.493 e. The monoisotopic (exact) mass is 384 g/mol. The molecule has 28 heavy (non-hydrogen) atoms. The molecule has 1 fully saturated rings. The number of nitrogens with zero attached hydrogens (tertiary/aromatic N) is 3. The first-order valence-corrected chi connectivity index (χ1v) is 8.82. The van der Waals surface area contributed by atoms with Gasteiger partial charge in [0.2, 0.25) is 17.7 Å². The van der Waals surface area contributed by atoms with E-state index in [2.05, 4.69) is 20.7 Å². The minimum atomic E-state index is -0.673. The average Bonchev–Trinajstić information content (AvgIpc) is 3.18. The number of carbonyl (C=O) groups is 1. The summed E-state index contributed by atoms with van der Waals surface area (Å²) >= 11 is 0. The molecule has 1 aromatic carbocycles. The quantitative estimate of drug-likeness (QED) is 0.661. The van der Waals surface area contributed by atoms with Crippen LogP contribution in [0.4, 0.5) is 0 Å². The zero-order valence-corrected chi connectivity index (χ0v) is 15.8. The number of rotatable bonds is 7. The molecule has 9 nitrogen and oxygen atoms in total. The van der Waals surface area contributed by atoms with E-state index >= 15 is 0 Å². The maximum Gasteiger partial charge on any atom is 0.235 e. The lowest BCUT2D eigenvalue weighted by Gasteiger charge is -2.10. The van der Waals surface area contributed by atoms with Gasteiger partial charge < -0.3 is 23.7 Å². The summed E-state index contributed by atoms with van der Waals surface area (Å²) in [6.45, 7) is 1.88. The van der Waals surface area contributed by atoms with Gasteiger partial charge in [0, 0.05) is 18.6 Å². The third-order valence-corrected chi connectivity index (χ3v) is 4.82. The molecule has 1 aliphatic carbocycles. The SMILES string of the molecule is COc1ccc(-c2cc(C3(C(=O)NCc4nnc(C)o4)CC3)no2)cc1OC. The second kappa shape index (κ2) is 6.99. The van der Waals surface area contributed by atoms with Crippen LogP contribution in [0.5, 0.6) is 11.5 Å². The molecule has 0 spiro atoms. The average molecular weight is 384 g/mol. The van der Waals surface area contributed by atoms with Gasteiger partial charge in [-0.05, 0) is 31.0 Å². The first-order valence-electron chi connectivity index (χ1n) is 8.82. The summed E-state index contributed by atoms with van der Waals surface area (Å²) in [7, 11) is 3.15. The Morgan fingerprint density at radius 2 is 1.96 bits per heavy atom. The van der Waals surface area contributed by atoms with E-state index in [0.29, 0.717) is 47.6 Å². The van der Waals surface area contributed by atoms with E-state index in [1.54, 1.807) is 39.3 Å². The van der Waals surface area contributed by atoms with Crippen molar-refractivity contribution in [3.63, 3.8) is 0 Å². The van der Waals surface area contributed by atoms with Crippen molar-refractivity contribution in [2.75, 3.05) is 14.2 Å². The third kappa shape index (κ3) is 3.19. The van der Waals surface area contributed by atoms with Gasteiger partial charge in [0.05, 0.1) is 31.9 Å². The first-order chi connectivity index (χ1) is 13.6. The second-order valence-electron chi connectivity index (χ2n) is 6.63. The van der Waals surface area contributed by atoms with Gasteiger partial charge in [-0.3, -0.25) is 4.79 Å². The number of aryl methyl sites for hydroxylation is 1. The van der Waals surface area contributed by atoms with Crippen molar-refractivity contribution >= 4 is 5.91 Å². The highest BCUT2D eigenvalue weighted by atomic mass is 16.5. The van der Waals surface area contributed by atoms with Crippen LogP contribution in [0.1, 0.15) is 30.3 Å². The second-order valence-corrected chi connectivity index (χ2v) is 6.63. The summed E-state index contributed by atoms with van der Waals surface area (Å²) in [6, 6.07) is 7.25. The molecule has 1 aliphatic rings. The molecule has 2 aromatic heterocycles. The standard InChI is InChI=1S/C19H20N4O5/c1-11-21-22-17(27-11)10-20-18(24)19(6-7-19)16-9-14(28-23-16)12-4-5-13(25-2)15(8-12)26-3/h4-5,8-9H,6-7,10H2,1-3H3,(H,20,24). The summed E-state index contributed by atoms with van der Waals surface area (Å²) in [4.78, 5) is 12.7. The molecule has 9 heteroatoms. The molecular weight excluding hydrogens is 364 g/mol. The molecule has 4 rings (SSSR count). The number of ether oxygens (including phenoxy) is 2. The molecule has 0 saturated heterocycles. The fourth-order valence-corrected chi connectivity index (χ4v) is 3.08. The van der Waals surface area contributed by atoms with Gasteiger partial charge in [0.25, 0.3) is 0 Å². The van der Waals surface area contributed by atoms with E-state index in [9.17, 15) is 4.79 Å². The smallest absolute Gasteiger partial charge is 0.235 e. The van der Waals surface area contributed by atoms with E-state index in [-0.39, 0.29) is 12.5 Å². The summed E-state index contributed by atoms with van der Waals surface area (Å²) in [5, 5.41) is 14.6. The zero-order valence-electron chi connectivity index (χ0n) is 15.8. The minimum Gasteiger partial charge on any atom is -0.493 e. The van der Waals surface area contributed by atoms with Crippen LogP contribution in [0.15, 0.2) is 33.2 Å². The topological polar surface area (TPSA) is 113 Å². The Morgan fingerprint density at radius 3 is 2.61 bits per heavy atom. The molecule has 1 saturated carbocycles. The third-order valence-electron chi connectivity index (χ3n) is 4.82. The van der Waals surface area contributed by atoms with Crippen LogP contribution in [0, 0.1) is 6.92 Å². The van der Waals surface area contributed by atoms with Crippen molar-refractivity contribution < 1.29 is 23.2 Å². The highest BCUT2D eigenvalue weighted by Crippen LogP contribution is 2.48. The maximum atomic E-state index is 12.7. The Kier molecular flexibility index (Phi) is 4.50. The van der Waals surface area contributed by atoms with Gasteiger partial charge in [-0.25, -0.2) is 0 Å². The van der Waals surface area contributed by atoms with Gasteiger partial charge in [0.1, 0.15) is 0 Å². The lowest BCUT2D eigenvalue weighted by Crippen LogP contribution is -2.34. The van der Waals surface area contributed by atoms with E-state index in [1.165, 1.54) is 0 Å². The van der Waals surface area contributed by atoms with Crippen molar-refractivity contribution in [3.8, 4) is 22.8 Å². The van der Waals surface area contributed by atoms with Gasteiger partial charge in [-0.1, -0.05) is 5.16 Å². The molecule has 1 amide bonds. The predicted molar refractivity (Wildman–Crippen MR) is 96.8 cm³/mol. The van der Waals surface area contributed by atoms with Crippen LogP contribution in [-0.4, -0.2) is 35.5 Å². The van der Waals surface area contributed by atoms with Crippen LogP contribution in [0.25, 0.3) is 11.3 Å². The number of nitrogens with one attached hydrogen (secondary N) is 1.